The lowest BCUT2D eigenvalue weighted by Crippen LogP contribution is -1.95. The van der Waals surface area contributed by atoms with E-state index in [9.17, 15) is 0 Å². The van der Waals surface area contributed by atoms with Crippen LogP contribution in [-0.4, -0.2) is 9.13 Å². The molecule has 0 saturated heterocycles. The molecule has 0 aliphatic rings. The van der Waals surface area contributed by atoms with E-state index in [0.29, 0.717) is 0 Å². The number of benzene rings is 8. The van der Waals surface area contributed by atoms with Gasteiger partial charge in [0.25, 0.3) is 0 Å². The molecule has 11 rings (SSSR count). The molecule has 0 N–H and O–H groups in total. The molecule has 3 heteroatoms. The van der Waals surface area contributed by atoms with Crippen molar-refractivity contribution in [2.45, 2.75) is 0 Å². The Morgan fingerprint density at radius 2 is 0.765 bits per heavy atom. The number of nitrogens with zero attached hydrogens (tertiary/aromatic N) is 2. The van der Waals surface area contributed by atoms with Crippen molar-refractivity contribution in [1.29, 1.82) is 0 Å². The highest BCUT2D eigenvalue weighted by Gasteiger charge is 2.19. The number of thiophene rings is 1. The number of fused-ring (bicyclic) bond motifs is 9. The third-order valence-electron chi connectivity index (χ3n) is 10.5. The maximum absolute atomic E-state index is 2.45. The van der Waals surface area contributed by atoms with Gasteiger partial charge in [-0.25, -0.2) is 0 Å². The maximum atomic E-state index is 2.45. The average molecular weight is 667 g/mol. The molecule has 0 spiro atoms. The highest BCUT2D eigenvalue weighted by Crippen LogP contribution is 2.41. The van der Waals surface area contributed by atoms with Crippen molar-refractivity contribution in [3.05, 3.63) is 182 Å². The highest BCUT2D eigenvalue weighted by atomic mass is 32.1. The molecule has 0 atom stereocenters. The summed E-state index contributed by atoms with van der Waals surface area (Å²) in [6.45, 7) is 0. The highest BCUT2D eigenvalue weighted by molar-refractivity contribution is 7.25. The standard InChI is InChI=1S/C48H30N2S/c1-2-12-31(13-3-1)32-14-10-16-35(26-32)49-43-21-7-4-18-37(43)40-30-46-41(29-45(40)49)38-19-5-8-22-44(38)50(46)36-17-11-15-33(27-36)34-24-25-48-42(28-34)39-20-6-9-23-47(39)51-48/h1-30H. The van der Waals surface area contributed by atoms with Gasteiger partial charge in [0.1, 0.15) is 0 Å². The van der Waals surface area contributed by atoms with Gasteiger partial charge in [-0.05, 0) is 89.0 Å². The van der Waals surface area contributed by atoms with Gasteiger partial charge in [0.05, 0.1) is 22.1 Å². The minimum Gasteiger partial charge on any atom is -0.309 e. The van der Waals surface area contributed by atoms with Gasteiger partial charge in [-0.1, -0.05) is 115 Å². The van der Waals surface area contributed by atoms with Crippen LogP contribution in [0.3, 0.4) is 0 Å². The van der Waals surface area contributed by atoms with Gasteiger partial charge in [-0.3, -0.25) is 0 Å². The Bertz CT molecular complexity index is 3140. The Kier molecular flexibility index (Phi) is 6.16. The second-order valence-corrected chi connectivity index (χ2v) is 14.5. The molecule has 8 aromatic carbocycles. The van der Waals surface area contributed by atoms with Crippen LogP contribution >= 0.6 is 11.3 Å². The first-order chi connectivity index (χ1) is 25.3. The second kappa shape index (κ2) is 11.0. The van der Waals surface area contributed by atoms with E-state index in [1.165, 1.54) is 86.0 Å². The van der Waals surface area contributed by atoms with E-state index in [-0.39, 0.29) is 0 Å². The molecular formula is C48H30N2S. The fraction of sp³-hybridized carbons (Fsp3) is 0. The summed E-state index contributed by atoms with van der Waals surface area (Å²) in [5.74, 6) is 0. The monoisotopic (exact) mass is 666 g/mol. The Hall–Kier alpha value is -6.42. The smallest absolute Gasteiger partial charge is 0.0548 e. The minimum absolute atomic E-state index is 1.16. The Balaban J connectivity index is 1.14. The number of para-hydroxylation sites is 2. The largest absolute Gasteiger partial charge is 0.309 e. The summed E-state index contributed by atoms with van der Waals surface area (Å²) < 4.78 is 7.55. The van der Waals surface area contributed by atoms with Crippen LogP contribution in [0.5, 0.6) is 0 Å². The molecule has 0 unspecified atom stereocenters. The van der Waals surface area contributed by atoms with Crippen molar-refractivity contribution >= 4 is 75.1 Å². The lowest BCUT2D eigenvalue weighted by Gasteiger charge is -2.12. The summed E-state index contributed by atoms with van der Waals surface area (Å²) in [4.78, 5) is 0. The molecule has 0 amide bonds. The van der Waals surface area contributed by atoms with Crippen LogP contribution in [0.25, 0.3) is 97.4 Å². The molecule has 0 bridgehead atoms. The van der Waals surface area contributed by atoms with Crippen LogP contribution < -0.4 is 0 Å². The molecule has 0 saturated carbocycles. The second-order valence-electron chi connectivity index (χ2n) is 13.4. The predicted molar refractivity (Wildman–Crippen MR) is 219 cm³/mol. The first kappa shape index (κ1) is 28.4. The summed E-state index contributed by atoms with van der Waals surface area (Å²) in [5, 5.41) is 7.65. The molecule has 238 valence electrons. The van der Waals surface area contributed by atoms with E-state index in [1.807, 2.05) is 11.3 Å². The normalized spacial score (nSPS) is 11.9. The van der Waals surface area contributed by atoms with Crippen molar-refractivity contribution in [3.8, 4) is 33.6 Å². The topological polar surface area (TPSA) is 9.86 Å². The van der Waals surface area contributed by atoms with Gasteiger partial charge in [0.2, 0.25) is 0 Å². The first-order valence-electron chi connectivity index (χ1n) is 17.4. The Morgan fingerprint density at radius 1 is 0.275 bits per heavy atom. The van der Waals surface area contributed by atoms with E-state index in [1.54, 1.807) is 0 Å². The van der Waals surface area contributed by atoms with Gasteiger partial charge >= 0.3 is 0 Å². The molecule has 51 heavy (non-hydrogen) atoms. The van der Waals surface area contributed by atoms with Crippen LogP contribution in [0.2, 0.25) is 0 Å². The third-order valence-corrected chi connectivity index (χ3v) is 11.6. The lowest BCUT2D eigenvalue weighted by atomic mass is 10.0. The zero-order chi connectivity index (χ0) is 33.5. The molecule has 0 radical (unpaired) electrons. The van der Waals surface area contributed by atoms with E-state index >= 15 is 0 Å². The van der Waals surface area contributed by atoms with Crippen molar-refractivity contribution in [2.75, 3.05) is 0 Å². The quantitative estimate of drug-likeness (QED) is 0.177. The van der Waals surface area contributed by atoms with E-state index in [0.717, 1.165) is 11.4 Å². The fourth-order valence-electron chi connectivity index (χ4n) is 8.17. The molecule has 0 aliphatic carbocycles. The van der Waals surface area contributed by atoms with Crippen molar-refractivity contribution in [3.63, 3.8) is 0 Å². The molecule has 11 aromatic rings. The fourth-order valence-corrected chi connectivity index (χ4v) is 9.26. The Morgan fingerprint density at radius 3 is 1.41 bits per heavy atom. The van der Waals surface area contributed by atoms with Crippen molar-refractivity contribution < 1.29 is 0 Å². The molecule has 0 fully saturated rings. The molecule has 3 aromatic heterocycles. The summed E-state index contributed by atoms with van der Waals surface area (Å²) >= 11 is 1.87. The van der Waals surface area contributed by atoms with Gasteiger partial charge < -0.3 is 9.13 Å². The van der Waals surface area contributed by atoms with E-state index < -0.39 is 0 Å². The maximum Gasteiger partial charge on any atom is 0.0548 e. The first-order valence-corrected chi connectivity index (χ1v) is 18.2. The summed E-state index contributed by atoms with van der Waals surface area (Å²) in [6, 6.07) is 66.7. The molecular weight excluding hydrogens is 637 g/mol. The average Bonchev–Trinajstić information content (AvgIpc) is 3.84. The van der Waals surface area contributed by atoms with Crippen LogP contribution in [0.4, 0.5) is 0 Å². The number of rotatable bonds is 4. The van der Waals surface area contributed by atoms with Gasteiger partial charge in [0.15, 0.2) is 0 Å². The van der Waals surface area contributed by atoms with E-state index in [2.05, 4.69) is 191 Å². The number of aromatic nitrogens is 2. The van der Waals surface area contributed by atoms with Crippen LogP contribution in [0, 0.1) is 0 Å². The van der Waals surface area contributed by atoms with Gasteiger partial charge in [0, 0.05) is 53.1 Å². The zero-order valence-electron chi connectivity index (χ0n) is 27.6. The Labute approximate surface area is 298 Å². The number of hydrogen-bond acceptors (Lipinski definition) is 1. The minimum atomic E-state index is 1.16. The summed E-state index contributed by atoms with van der Waals surface area (Å²) in [5.41, 5.74) is 12.0. The van der Waals surface area contributed by atoms with Gasteiger partial charge in [-0.15, -0.1) is 11.3 Å². The van der Waals surface area contributed by atoms with E-state index in [4.69, 9.17) is 0 Å². The van der Waals surface area contributed by atoms with Crippen molar-refractivity contribution in [2.24, 2.45) is 0 Å². The third kappa shape index (κ3) is 4.35. The number of hydrogen-bond donors (Lipinski definition) is 0. The summed E-state index contributed by atoms with van der Waals surface area (Å²) in [7, 11) is 0. The zero-order valence-corrected chi connectivity index (χ0v) is 28.4. The van der Waals surface area contributed by atoms with Gasteiger partial charge in [-0.2, -0.15) is 0 Å². The van der Waals surface area contributed by atoms with Crippen LogP contribution in [0.15, 0.2) is 182 Å². The molecule has 2 nitrogen and oxygen atoms in total. The SMILES string of the molecule is c1ccc(-c2cccc(-n3c4ccccc4c4cc5c(cc43)c3ccccc3n5-c3cccc(-c4ccc5sc6ccccc6c5c4)c3)c2)cc1. The predicted octanol–water partition coefficient (Wildman–Crippen LogP) is 13.6. The van der Waals surface area contributed by atoms with Crippen LogP contribution in [0.1, 0.15) is 0 Å². The molecule has 0 aliphatic heterocycles. The van der Waals surface area contributed by atoms with Crippen molar-refractivity contribution in [1.82, 2.24) is 9.13 Å². The summed E-state index contributed by atoms with van der Waals surface area (Å²) in [6.07, 6.45) is 0. The molecule has 3 heterocycles. The van der Waals surface area contributed by atoms with Crippen LogP contribution in [-0.2, 0) is 0 Å². The lowest BCUT2D eigenvalue weighted by molar-refractivity contribution is 1.17.